The Kier molecular flexibility index (Phi) is 9.03. The van der Waals surface area contributed by atoms with Gasteiger partial charge in [-0.2, -0.15) is 0 Å². The molecule has 6 aromatic rings. The molecule has 4 aromatic heterocycles. The molecular weight excluding hydrogens is 620 g/mol. The maximum atomic E-state index is 12.5. The number of hydrogen-bond acceptors (Lipinski definition) is 10. The van der Waals surface area contributed by atoms with Gasteiger partial charge in [-0.15, -0.1) is 10.2 Å². The standard InChI is InChI=1S/C19H22N6O.C16H18N6O/c1-11-6-12(2)8-14(7-11)22-17-9-15(20-3)18-21-10-16(25(18)24-17)19(26)23-13-4-5-13;1-9-4-10(2)6-11(5-9)20-14-7-12(18-3)16-19-8-13(15(17)23)22(16)21-14/h6-10,13,20H,4-5H2,1-3H3,(H,22,24)(H,23,26);4-8,18H,1-3H3,(H2,17,23)(H,20,21). The van der Waals surface area contributed by atoms with Gasteiger partial charge in [-0.25, -0.2) is 19.0 Å². The number of hydrogen-bond donors (Lipinski definition) is 6. The molecule has 1 saturated carbocycles. The van der Waals surface area contributed by atoms with Gasteiger partial charge in [-0.1, -0.05) is 12.1 Å². The first-order chi connectivity index (χ1) is 23.5. The predicted octanol–water partition coefficient (Wildman–Crippen LogP) is 5.25. The zero-order valence-corrected chi connectivity index (χ0v) is 28.3. The van der Waals surface area contributed by atoms with Crippen LogP contribution in [0.4, 0.5) is 34.4 Å². The molecule has 252 valence electrons. The molecule has 0 saturated heterocycles. The minimum Gasteiger partial charge on any atom is -0.385 e. The first-order valence-electron chi connectivity index (χ1n) is 16.0. The number of carbonyl (C=O) groups is 2. The molecule has 0 unspecified atom stereocenters. The van der Waals surface area contributed by atoms with E-state index in [1.54, 1.807) is 17.8 Å². The summed E-state index contributed by atoms with van der Waals surface area (Å²) < 4.78 is 3.04. The molecule has 7 rings (SSSR count). The van der Waals surface area contributed by atoms with E-state index in [4.69, 9.17) is 5.73 Å². The Hall–Kier alpha value is -6.18. The van der Waals surface area contributed by atoms with Crippen LogP contribution in [-0.4, -0.2) is 61.1 Å². The van der Waals surface area contributed by atoms with Crippen molar-refractivity contribution in [2.45, 2.75) is 46.6 Å². The third kappa shape index (κ3) is 7.38. The van der Waals surface area contributed by atoms with E-state index in [-0.39, 0.29) is 17.6 Å². The lowest BCUT2D eigenvalue weighted by Gasteiger charge is -2.11. The van der Waals surface area contributed by atoms with E-state index in [2.05, 4.69) is 84.9 Å². The summed E-state index contributed by atoms with van der Waals surface area (Å²) in [5.74, 6) is 0.520. The molecule has 0 atom stereocenters. The maximum Gasteiger partial charge on any atom is 0.271 e. The Labute approximate surface area is 283 Å². The van der Waals surface area contributed by atoms with Crippen molar-refractivity contribution in [3.8, 4) is 0 Å². The van der Waals surface area contributed by atoms with Crippen molar-refractivity contribution >= 4 is 57.5 Å². The number of imidazole rings is 2. The average Bonchev–Trinajstić information content (AvgIpc) is 3.57. The molecular formula is C35H40N12O2. The molecule has 4 heterocycles. The fourth-order valence-electron chi connectivity index (χ4n) is 5.63. The number of aromatic nitrogens is 6. The Morgan fingerprint density at radius 3 is 1.51 bits per heavy atom. The Balaban J connectivity index is 0.000000171. The van der Waals surface area contributed by atoms with Gasteiger partial charge in [-0.05, 0) is 87.1 Å². The summed E-state index contributed by atoms with van der Waals surface area (Å²) in [4.78, 5) is 32.6. The lowest BCUT2D eigenvalue weighted by atomic mass is 10.1. The van der Waals surface area contributed by atoms with Crippen molar-refractivity contribution < 1.29 is 9.59 Å². The van der Waals surface area contributed by atoms with Crippen LogP contribution in [0.15, 0.2) is 60.9 Å². The normalized spacial score (nSPS) is 12.3. The van der Waals surface area contributed by atoms with E-state index < -0.39 is 5.91 Å². The first kappa shape index (κ1) is 32.7. The number of aryl methyl sites for hydroxylation is 4. The van der Waals surface area contributed by atoms with Gasteiger partial charge in [-0.3, -0.25) is 9.59 Å². The summed E-state index contributed by atoms with van der Waals surface area (Å²) >= 11 is 0. The average molecular weight is 661 g/mol. The minimum atomic E-state index is -0.574. The molecule has 14 heteroatoms. The third-order valence-corrected chi connectivity index (χ3v) is 7.86. The molecule has 49 heavy (non-hydrogen) atoms. The Bertz CT molecular complexity index is 2160. The highest BCUT2D eigenvalue weighted by molar-refractivity contribution is 5.94. The van der Waals surface area contributed by atoms with Crippen molar-refractivity contribution in [2.24, 2.45) is 5.73 Å². The van der Waals surface area contributed by atoms with Crippen molar-refractivity contribution in [3.63, 3.8) is 0 Å². The van der Waals surface area contributed by atoms with Crippen molar-refractivity contribution in [1.82, 2.24) is 34.5 Å². The smallest absolute Gasteiger partial charge is 0.271 e. The SMILES string of the molecule is CNc1cc(Nc2cc(C)cc(C)c2)nn2c(C(=O)NC3CC3)cnc12.CNc1cc(Nc2cc(C)cc(C)c2)nn2c(C(N)=O)cnc12. The van der Waals surface area contributed by atoms with Gasteiger partial charge in [0, 0.05) is 43.6 Å². The molecule has 0 radical (unpaired) electrons. The molecule has 1 aliphatic carbocycles. The molecule has 0 bridgehead atoms. The molecule has 1 fully saturated rings. The van der Waals surface area contributed by atoms with E-state index in [1.165, 1.54) is 21.8 Å². The van der Waals surface area contributed by atoms with E-state index >= 15 is 0 Å². The van der Waals surface area contributed by atoms with Crippen molar-refractivity contribution in [2.75, 3.05) is 35.4 Å². The summed E-state index contributed by atoms with van der Waals surface area (Å²) in [6, 6.07) is 16.4. The lowest BCUT2D eigenvalue weighted by Crippen LogP contribution is -2.27. The van der Waals surface area contributed by atoms with Gasteiger partial charge in [0.2, 0.25) is 0 Å². The fourth-order valence-corrected chi connectivity index (χ4v) is 5.63. The van der Waals surface area contributed by atoms with E-state index in [1.807, 2.05) is 45.2 Å². The number of primary amides is 1. The minimum absolute atomic E-state index is 0.141. The second-order valence-electron chi connectivity index (χ2n) is 12.3. The second kappa shape index (κ2) is 13.5. The summed E-state index contributed by atoms with van der Waals surface area (Å²) in [6.07, 6.45) is 5.07. The van der Waals surface area contributed by atoms with Crippen LogP contribution in [0.1, 0.15) is 56.1 Å². The van der Waals surface area contributed by atoms with Crippen LogP contribution >= 0.6 is 0 Å². The highest BCUT2D eigenvalue weighted by Gasteiger charge is 2.26. The highest BCUT2D eigenvalue weighted by Crippen LogP contribution is 2.26. The van der Waals surface area contributed by atoms with Gasteiger partial charge in [0.1, 0.15) is 5.69 Å². The quantitative estimate of drug-likeness (QED) is 0.120. The number of rotatable bonds is 9. The third-order valence-electron chi connectivity index (χ3n) is 7.86. The summed E-state index contributed by atoms with van der Waals surface area (Å²) in [7, 11) is 3.61. The number of nitrogens with two attached hydrogens (primary N) is 1. The molecule has 2 amide bonds. The Morgan fingerprint density at radius 1 is 0.673 bits per heavy atom. The number of carbonyl (C=O) groups excluding carboxylic acids is 2. The van der Waals surface area contributed by atoms with Crippen LogP contribution in [-0.2, 0) is 0 Å². The second-order valence-corrected chi connectivity index (χ2v) is 12.3. The monoisotopic (exact) mass is 660 g/mol. The largest absolute Gasteiger partial charge is 0.385 e. The zero-order valence-electron chi connectivity index (χ0n) is 28.3. The molecule has 14 nitrogen and oxygen atoms in total. The van der Waals surface area contributed by atoms with E-state index in [0.717, 1.165) is 46.7 Å². The number of benzene rings is 2. The fraction of sp³-hybridized carbons (Fsp3) is 0.257. The number of nitrogens with one attached hydrogen (secondary N) is 5. The van der Waals surface area contributed by atoms with Crippen LogP contribution in [0, 0.1) is 27.7 Å². The van der Waals surface area contributed by atoms with Crippen molar-refractivity contribution in [1.29, 1.82) is 0 Å². The van der Waals surface area contributed by atoms with Crippen LogP contribution in [0.5, 0.6) is 0 Å². The number of amides is 2. The molecule has 0 spiro atoms. The summed E-state index contributed by atoms with van der Waals surface area (Å²) in [5.41, 5.74) is 15.3. The van der Waals surface area contributed by atoms with Crippen LogP contribution < -0.4 is 32.3 Å². The Morgan fingerprint density at radius 2 is 1.10 bits per heavy atom. The topological polar surface area (TPSA) is 181 Å². The number of nitrogens with zero attached hydrogens (tertiary/aromatic N) is 6. The molecule has 1 aliphatic rings. The summed E-state index contributed by atoms with van der Waals surface area (Å²) in [6.45, 7) is 8.19. The van der Waals surface area contributed by atoms with Crippen LogP contribution in [0.3, 0.4) is 0 Å². The van der Waals surface area contributed by atoms with Gasteiger partial charge in [0.25, 0.3) is 11.8 Å². The van der Waals surface area contributed by atoms with Gasteiger partial charge < -0.3 is 32.3 Å². The van der Waals surface area contributed by atoms with E-state index in [9.17, 15) is 9.59 Å². The van der Waals surface area contributed by atoms with Crippen molar-refractivity contribution in [3.05, 3.63) is 94.6 Å². The number of fused-ring (bicyclic) bond motifs is 2. The predicted molar refractivity (Wildman–Crippen MR) is 192 cm³/mol. The van der Waals surface area contributed by atoms with Crippen LogP contribution in [0.2, 0.25) is 0 Å². The molecule has 7 N–H and O–H groups in total. The first-order valence-corrected chi connectivity index (χ1v) is 16.0. The molecule has 0 aliphatic heterocycles. The van der Waals surface area contributed by atoms with Gasteiger partial charge >= 0.3 is 0 Å². The highest BCUT2D eigenvalue weighted by atomic mass is 16.2. The van der Waals surface area contributed by atoms with Gasteiger partial charge in [0.15, 0.2) is 28.6 Å². The van der Waals surface area contributed by atoms with Gasteiger partial charge in [0.05, 0.1) is 23.8 Å². The molecule has 2 aromatic carbocycles. The van der Waals surface area contributed by atoms with Crippen LogP contribution in [0.25, 0.3) is 11.3 Å². The van der Waals surface area contributed by atoms with E-state index in [0.29, 0.717) is 28.6 Å². The number of anilines is 6. The summed E-state index contributed by atoms with van der Waals surface area (Å²) in [5, 5.41) is 24.8. The lowest BCUT2D eigenvalue weighted by molar-refractivity contribution is 0.0942. The maximum absolute atomic E-state index is 12.5. The zero-order chi connectivity index (χ0) is 34.8.